The SMILES string of the molecule is C1=C[NH+]2C(Nc3cc(C4CC4)[nH]n3)=CN(Sc3ccc(-c4nnco4)cc3)CC2=N1. The number of hydrogen-bond donors (Lipinski definition) is 3. The second kappa shape index (κ2) is 7.15. The zero-order valence-electron chi connectivity index (χ0n) is 15.9. The number of amidine groups is 1. The molecule has 3 N–H and O–H groups in total. The molecule has 2 aliphatic heterocycles. The monoisotopic (exact) mass is 419 g/mol. The molecule has 4 heterocycles. The number of fused-ring (bicyclic) bond motifs is 1. The first-order valence-electron chi connectivity index (χ1n) is 9.78. The van der Waals surface area contributed by atoms with E-state index in [2.05, 4.69) is 59.4 Å². The quantitative estimate of drug-likeness (QED) is 0.528. The van der Waals surface area contributed by atoms with Crippen molar-refractivity contribution in [3.8, 4) is 11.5 Å². The fourth-order valence-electron chi connectivity index (χ4n) is 3.54. The van der Waals surface area contributed by atoms with Crippen molar-refractivity contribution in [2.75, 3.05) is 11.9 Å². The van der Waals surface area contributed by atoms with Crippen LogP contribution in [0.4, 0.5) is 5.82 Å². The first kappa shape index (κ1) is 17.5. The van der Waals surface area contributed by atoms with Gasteiger partial charge in [-0.1, -0.05) is 0 Å². The molecule has 0 saturated heterocycles. The molecule has 0 amide bonds. The van der Waals surface area contributed by atoms with E-state index in [1.54, 1.807) is 11.9 Å². The third kappa shape index (κ3) is 3.40. The molecule has 150 valence electrons. The van der Waals surface area contributed by atoms with Gasteiger partial charge in [0, 0.05) is 28.1 Å². The maximum Gasteiger partial charge on any atom is 0.247 e. The number of nitrogens with one attached hydrogen (secondary N) is 3. The van der Waals surface area contributed by atoms with Crippen molar-refractivity contribution in [1.82, 2.24) is 24.7 Å². The molecule has 1 aliphatic carbocycles. The van der Waals surface area contributed by atoms with Gasteiger partial charge in [-0.2, -0.15) is 5.10 Å². The summed E-state index contributed by atoms with van der Waals surface area (Å²) in [6, 6.07) is 10.2. The number of nitrogens with zero attached hydrogens (tertiary/aromatic N) is 5. The molecule has 3 aromatic rings. The lowest BCUT2D eigenvalue weighted by molar-refractivity contribution is -0.699. The van der Waals surface area contributed by atoms with Crippen molar-refractivity contribution in [2.24, 2.45) is 4.99 Å². The van der Waals surface area contributed by atoms with Crippen LogP contribution in [0.15, 0.2) is 75.5 Å². The minimum atomic E-state index is 0.520. The Morgan fingerprint density at radius 3 is 2.93 bits per heavy atom. The zero-order valence-corrected chi connectivity index (χ0v) is 16.8. The van der Waals surface area contributed by atoms with Gasteiger partial charge >= 0.3 is 0 Å². The van der Waals surface area contributed by atoms with Crippen molar-refractivity contribution in [2.45, 2.75) is 23.7 Å². The largest absolute Gasteiger partial charge is 0.423 e. The fourth-order valence-corrected chi connectivity index (χ4v) is 4.41. The van der Waals surface area contributed by atoms with E-state index < -0.39 is 0 Å². The molecule has 1 fully saturated rings. The van der Waals surface area contributed by atoms with Gasteiger partial charge in [-0.15, -0.1) is 10.2 Å². The molecule has 0 bridgehead atoms. The Morgan fingerprint density at radius 1 is 1.23 bits per heavy atom. The van der Waals surface area contributed by atoms with Crippen molar-refractivity contribution >= 4 is 23.6 Å². The number of aliphatic imine (C=N–C) groups is 1. The molecule has 0 spiro atoms. The van der Waals surface area contributed by atoms with Crippen LogP contribution in [0.3, 0.4) is 0 Å². The molecule has 10 heteroatoms. The summed E-state index contributed by atoms with van der Waals surface area (Å²) in [5, 5.41) is 18.7. The summed E-state index contributed by atoms with van der Waals surface area (Å²) in [5.74, 6) is 4.05. The van der Waals surface area contributed by atoms with Gasteiger partial charge in [-0.25, -0.2) is 9.89 Å². The minimum Gasteiger partial charge on any atom is -0.423 e. The molecule has 1 saturated carbocycles. The maximum absolute atomic E-state index is 5.26. The summed E-state index contributed by atoms with van der Waals surface area (Å²) in [6.07, 6.45) is 9.85. The van der Waals surface area contributed by atoms with Crippen molar-refractivity contribution < 1.29 is 9.32 Å². The van der Waals surface area contributed by atoms with E-state index in [1.807, 2.05) is 24.5 Å². The smallest absolute Gasteiger partial charge is 0.247 e. The Kier molecular flexibility index (Phi) is 4.17. The summed E-state index contributed by atoms with van der Waals surface area (Å²) in [4.78, 5) is 6.77. The number of H-pyrrole nitrogens is 1. The van der Waals surface area contributed by atoms with Gasteiger partial charge in [0.2, 0.25) is 23.9 Å². The van der Waals surface area contributed by atoms with Crippen LogP contribution >= 0.6 is 11.9 Å². The summed E-state index contributed by atoms with van der Waals surface area (Å²) in [6.45, 7) is 0.734. The fraction of sp³-hybridized carbons (Fsp3) is 0.200. The predicted octanol–water partition coefficient (Wildman–Crippen LogP) is 2.34. The highest BCUT2D eigenvalue weighted by Gasteiger charge is 2.32. The lowest BCUT2D eigenvalue weighted by Crippen LogP contribution is -3.10. The highest BCUT2D eigenvalue weighted by molar-refractivity contribution is 7.97. The van der Waals surface area contributed by atoms with E-state index in [0.717, 1.165) is 39.4 Å². The number of aromatic amines is 1. The van der Waals surface area contributed by atoms with Crippen LogP contribution in [0.25, 0.3) is 11.5 Å². The average Bonchev–Trinajstić information content (AvgIpc) is 3.16. The zero-order chi connectivity index (χ0) is 19.9. The third-order valence-electron chi connectivity index (χ3n) is 5.21. The lowest BCUT2D eigenvalue weighted by Gasteiger charge is -2.27. The molecule has 9 nitrogen and oxygen atoms in total. The topological polar surface area (TPSA) is 99.7 Å². The van der Waals surface area contributed by atoms with Gasteiger partial charge in [0.1, 0.15) is 12.7 Å². The maximum atomic E-state index is 5.26. The number of benzene rings is 1. The van der Waals surface area contributed by atoms with E-state index in [0.29, 0.717) is 11.8 Å². The van der Waals surface area contributed by atoms with Gasteiger partial charge in [-0.3, -0.25) is 14.7 Å². The molecule has 1 aromatic carbocycles. The number of aromatic nitrogens is 4. The molecule has 6 rings (SSSR count). The van der Waals surface area contributed by atoms with Gasteiger partial charge in [0.05, 0.1) is 12.4 Å². The molecule has 1 unspecified atom stereocenters. The highest BCUT2D eigenvalue weighted by atomic mass is 32.2. The average molecular weight is 419 g/mol. The summed E-state index contributed by atoms with van der Waals surface area (Å²) >= 11 is 1.65. The number of quaternary nitrogens is 1. The van der Waals surface area contributed by atoms with E-state index in [-0.39, 0.29) is 0 Å². The minimum absolute atomic E-state index is 0.520. The van der Waals surface area contributed by atoms with Crippen LogP contribution in [0, 0.1) is 0 Å². The van der Waals surface area contributed by atoms with Crippen LogP contribution in [0.2, 0.25) is 0 Å². The Labute approximate surface area is 176 Å². The molecular formula is C20H19N8OS+. The highest BCUT2D eigenvalue weighted by Crippen LogP contribution is 2.39. The predicted molar refractivity (Wildman–Crippen MR) is 112 cm³/mol. The van der Waals surface area contributed by atoms with Crippen LogP contribution in [-0.4, -0.2) is 37.1 Å². The van der Waals surface area contributed by atoms with Crippen LogP contribution in [0.5, 0.6) is 0 Å². The van der Waals surface area contributed by atoms with E-state index in [1.165, 1.54) is 24.9 Å². The van der Waals surface area contributed by atoms with Gasteiger partial charge in [-0.05, 0) is 49.1 Å². The molecule has 2 aromatic heterocycles. The van der Waals surface area contributed by atoms with Gasteiger partial charge in [0.15, 0.2) is 5.82 Å². The molecule has 30 heavy (non-hydrogen) atoms. The van der Waals surface area contributed by atoms with Crippen LogP contribution in [-0.2, 0) is 0 Å². The van der Waals surface area contributed by atoms with Crippen molar-refractivity contribution in [1.29, 1.82) is 0 Å². The standard InChI is InChI=1S/C20H18N8OS/c1-2-13(1)16-9-17(25-24-16)23-19-11-27(10-18-21-7-8-28(18)19)30-15-5-3-14(4-6-15)20-26-22-12-29-20/h3-9,11-13H,1-2,10H2,(H2,23,24,25)/p+1. The lowest BCUT2D eigenvalue weighted by atomic mass is 10.2. The molecule has 0 radical (unpaired) electrons. The Balaban J connectivity index is 1.21. The number of hydrogen-bond acceptors (Lipinski definition) is 8. The summed E-state index contributed by atoms with van der Waals surface area (Å²) in [7, 11) is 0. The van der Waals surface area contributed by atoms with E-state index in [4.69, 9.17) is 4.42 Å². The summed E-state index contributed by atoms with van der Waals surface area (Å²) < 4.78 is 7.43. The normalized spacial score (nSPS) is 20.1. The van der Waals surface area contributed by atoms with Gasteiger partial charge < -0.3 is 4.42 Å². The number of anilines is 1. The Hall–Kier alpha value is -3.37. The first-order valence-corrected chi connectivity index (χ1v) is 10.6. The molecule has 3 aliphatic rings. The van der Waals surface area contributed by atoms with Crippen LogP contribution in [0.1, 0.15) is 24.5 Å². The molecule has 1 atom stereocenters. The van der Waals surface area contributed by atoms with Crippen LogP contribution < -0.4 is 10.2 Å². The second-order valence-electron chi connectivity index (χ2n) is 7.39. The van der Waals surface area contributed by atoms with Crippen molar-refractivity contribution in [3.05, 3.63) is 66.8 Å². The first-order chi connectivity index (χ1) is 14.8. The Bertz CT molecular complexity index is 1140. The van der Waals surface area contributed by atoms with Crippen molar-refractivity contribution in [3.63, 3.8) is 0 Å². The molecular weight excluding hydrogens is 400 g/mol. The second-order valence-corrected chi connectivity index (χ2v) is 8.51. The Morgan fingerprint density at radius 2 is 2.13 bits per heavy atom. The third-order valence-corrected chi connectivity index (χ3v) is 6.16. The van der Waals surface area contributed by atoms with Gasteiger partial charge in [0.25, 0.3) is 0 Å². The number of rotatable bonds is 6. The summed E-state index contributed by atoms with van der Waals surface area (Å²) in [5.41, 5.74) is 2.11. The van der Waals surface area contributed by atoms with E-state index >= 15 is 0 Å². The van der Waals surface area contributed by atoms with E-state index in [9.17, 15) is 0 Å².